The van der Waals surface area contributed by atoms with Gasteiger partial charge in [0.1, 0.15) is 17.7 Å². The van der Waals surface area contributed by atoms with Crippen molar-refractivity contribution in [3.63, 3.8) is 0 Å². The summed E-state index contributed by atoms with van der Waals surface area (Å²) in [4.78, 5) is 42.6. The van der Waals surface area contributed by atoms with Crippen LogP contribution in [-0.4, -0.2) is 52.7 Å². The molecule has 0 fully saturated rings. The molecule has 3 N–H and O–H groups in total. The molecule has 0 saturated heterocycles. The summed E-state index contributed by atoms with van der Waals surface area (Å²) >= 11 is 0. The number of nitrogens with one attached hydrogen (secondary N) is 2. The highest BCUT2D eigenvalue weighted by Crippen LogP contribution is 2.29. The number of ether oxygens (including phenoxy) is 1. The van der Waals surface area contributed by atoms with E-state index in [2.05, 4.69) is 10.6 Å². The van der Waals surface area contributed by atoms with E-state index in [9.17, 15) is 19.5 Å². The molecular formula is C33H41N3O5. The van der Waals surface area contributed by atoms with Crippen LogP contribution in [0.5, 0.6) is 0 Å². The highest BCUT2D eigenvalue weighted by molar-refractivity contribution is 6.00. The van der Waals surface area contributed by atoms with Crippen LogP contribution in [0.1, 0.15) is 54.6 Å². The molecule has 0 spiro atoms. The zero-order valence-electron chi connectivity index (χ0n) is 24.7. The number of benzene rings is 3. The lowest BCUT2D eigenvalue weighted by molar-refractivity contribution is -0.141. The maximum absolute atomic E-state index is 14.3. The highest BCUT2D eigenvalue weighted by Gasteiger charge is 2.37. The fourth-order valence-electron chi connectivity index (χ4n) is 4.72. The van der Waals surface area contributed by atoms with Crippen molar-refractivity contribution >= 4 is 23.6 Å². The first-order valence-electron chi connectivity index (χ1n) is 13.8. The third-order valence-corrected chi connectivity index (χ3v) is 6.67. The predicted octanol–water partition coefficient (Wildman–Crippen LogP) is 5.25. The Morgan fingerprint density at radius 1 is 0.854 bits per heavy atom. The topological polar surface area (TPSA) is 108 Å². The van der Waals surface area contributed by atoms with Crippen molar-refractivity contribution in [2.24, 2.45) is 0 Å². The number of hydrogen-bond donors (Lipinski definition) is 3. The number of para-hydroxylation sites is 1. The number of aryl methyl sites for hydroxylation is 3. The van der Waals surface area contributed by atoms with E-state index < -0.39 is 35.6 Å². The van der Waals surface area contributed by atoms with Crippen molar-refractivity contribution < 1.29 is 24.2 Å². The first-order chi connectivity index (χ1) is 19.4. The van der Waals surface area contributed by atoms with Crippen LogP contribution in [0.2, 0.25) is 0 Å². The molecule has 0 radical (unpaired) electrons. The normalized spacial score (nSPS) is 12.7. The SMILES string of the molecule is Cc1ccccc1C(C(=O)Nc1c(C)cccc1C)N(CCO)C(=O)C(Cc1ccccc1)NC(=O)OC(C)(C)C. The van der Waals surface area contributed by atoms with Crippen molar-refractivity contribution in [2.45, 2.75) is 65.6 Å². The smallest absolute Gasteiger partial charge is 0.408 e. The van der Waals surface area contributed by atoms with Gasteiger partial charge in [0.2, 0.25) is 5.91 Å². The molecule has 8 nitrogen and oxygen atoms in total. The second-order valence-electron chi connectivity index (χ2n) is 11.2. The van der Waals surface area contributed by atoms with E-state index in [0.29, 0.717) is 11.3 Å². The van der Waals surface area contributed by atoms with Gasteiger partial charge in [-0.2, -0.15) is 0 Å². The molecule has 0 aromatic heterocycles. The number of rotatable bonds is 10. The molecule has 3 amide bonds. The number of amides is 3. The Hall–Kier alpha value is -4.17. The van der Waals surface area contributed by atoms with Crippen LogP contribution in [0, 0.1) is 20.8 Å². The van der Waals surface area contributed by atoms with Crippen LogP contribution in [0.15, 0.2) is 72.8 Å². The monoisotopic (exact) mass is 559 g/mol. The predicted molar refractivity (Wildman–Crippen MR) is 161 cm³/mol. The van der Waals surface area contributed by atoms with Gasteiger partial charge in [0, 0.05) is 18.7 Å². The zero-order valence-corrected chi connectivity index (χ0v) is 24.7. The van der Waals surface area contributed by atoms with Gasteiger partial charge in [-0.05, 0) is 69.4 Å². The van der Waals surface area contributed by atoms with E-state index in [-0.39, 0.29) is 19.6 Å². The van der Waals surface area contributed by atoms with Crippen molar-refractivity contribution in [1.82, 2.24) is 10.2 Å². The lowest BCUT2D eigenvalue weighted by atomic mass is 9.96. The molecule has 218 valence electrons. The number of hydrogen-bond acceptors (Lipinski definition) is 5. The minimum atomic E-state index is -1.08. The quantitative estimate of drug-likeness (QED) is 0.315. The number of aliphatic hydroxyl groups is 1. The Morgan fingerprint density at radius 3 is 2.02 bits per heavy atom. The molecular weight excluding hydrogens is 518 g/mol. The first kappa shape index (κ1) is 31.4. The van der Waals surface area contributed by atoms with Crippen LogP contribution in [0.25, 0.3) is 0 Å². The second kappa shape index (κ2) is 13.9. The second-order valence-corrected chi connectivity index (χ2v) is 11.2. The third kappa shape index (κ3) is 8.66. The molecule has 0 aliphatic heterocycles. The van der Waals surface area contributed by atoms with E-state index in [4.69, 9.17) is 4.74 Å². The van der Waals surface area contributed by atoms with Crippen molar-refractivity contribution in [3.8, 4) is 0 Å². The van der Waals surface area contributed by atoms with Gasteiger partial charge >= 0.3 is 6.09 Å². The fraction of sp³-hybridized carbons (Fsp3) is 0.364. The van der Waals surface area contributed by atoms with E-state index in [1.54, 1.807) is 26.8 Å². The minimum Gasteiger partial charge on any atom is -0.444 e. The standard InChI is InChI=1S/C33H41N3O5/c1-22-13-10-11-18-26(22)29(30(38)35-28-23(2)14-12-15-24(28)3)36(19-20-37)31(39)27(21-25-16-8-7-9-17-25)34-32(40)41-33(4,5)6/h7-18,27,29,37H,19-21H2,1-6H3,(H,34,40)(H,35,38). The minimum absolute atomic E-state index is 0.126. The molecule has 0 bridgehead atoms. The van der Waals surface area contributed by atoms with Crippen LogP contribution in [0.3, 0.4) is 0 Å². The maximum Gasteiger partial charge on any atom is 0.408 e. The average Bonchev–Trinajstić information content (AvgIpc) is 2.90. The van der Waals surface area contributed by atoms with Crippen molar-refractivity contribution in [2.75, 3.05) is 18.5 Å². The summed E-state index contributed by atoms with van der Waals surface area (Å²) in [6.07, 6.45) is -0.581. The van der Waals surface area contributed by atoms with Crippen LogP contribution < -0.4 is 10.6 Å². The molecule has 8 heteroatoms. The average molecular weight is 560 g/mol. The Labute approximate surface area is 242 Å². The molecule has 41 heavy (non-hydrogen) atoms. The number of nitrogens with zero attached hydrogens (tertiary/aromatic N) is 1. The summed E-state index contributed by atoms with van der Waals surface area (Å²) in [5.41, 5.74) is 3.91. The van der Waals surface area contributed by atoms with Gasteiger partial charge < -0.3 is 25.4 Å². The Kier molecular flexibility index (Phi) is 10.7. The van der Waals surface area contributed by atoms with Crippen LogP contribution in [-0.2, 0) is 20.7 Å². The summed E-state index contributed by atoms with van der Waals surface area (Å²) in [7, 11) is 0. The Morgan fingerprint density at radius 2 is 1.44 bits per heavy atom. The van der Waals surface area contributed by atoms with E-state index >= 15 is 0 Å². The third-order valence-electron chi connectivity index (χ3n) is 6.67. The Bertz CT molecular complexity index is 1330. The molecule has 0 saturated carbocycles. The van der Waals surface area contributed by atoms with Gasteiger partial charge in [-0.15, -0.1) is 0 Å². The molecule has 2 unspecified atom stereocenters. The maximum atomic E-state index is 14.3. The molecule has 2 atom stereocenters. The van der Waals surface area contributed by atoms with Gasteiger partial charge in [-0.25, -0.2) is 4.79 Å². The highest BCUT2D eigenvalue weighted by atomic mass is 16.6. The Balaban J connectivity index is 2.07. The zero-order chi connectivity index (χ0) is 30.2. The summed E-state index contributed by atoms with van der Waals surface area (Å²) in [5.74, 6) is -0.937. The molecule has 3 aromatic carbocycles. The molecule has 3 aromatic rings. The largest absolute Gasteiger partial charge is 0.444 e. The number of carbonyl (C=O) groups excluding carboxylic acids is 3. The van der Waals surface area contributed by atoms with Gasteiger partial charge in [0.25, 0.3) is 5.91 Å². The van der Waals surface area contributed by atoms with Crippen LogP contribution >= 0.6 is 0 Å². The number of alkyl carbamates (subject to hydrolysis) is 1. The molecule has 0 aliphatic carbocycles. The number of aliphatic hydroxyl groups excluding tert-OH is 1. The molecule has 0 aliphatic rings. The lowest BCUT2D eigenvalue weighted by Crippen LogP contribution is -2.54. The van der Waals surface area contributed by atoms with Crippen molar-refractivity contribution in [3.05, 3.63) is 101 Å². The molecule has 0 heterocycles. The van der Waals surface area contributed by atoms with Gasteiger partial charge in [-0.3, -0.25) is 9.59 Å². The molecule has 3 rings (SSSR count). The van der Waals surface area contributed by atoms with E-state index in [1.807, 2.05) is 87.5 Å². The van der Waals surface area contributed by atoms with Crippen LogP contribution in [0.4, 0.5) is 10.5 Å². The number of anilines is 1. The summed E-state index contributed by atoms with van der Waals surface area (Å²) < 4.78 is 5.46. The van der Waals surface area contributed by atoms with E-state index in [0.717, 1.165) is 22.3 Å². The first-order valence-corrected chi connectivity index (χ1v) is 13.8. The fourth-order valence-corrected chi connectivity index (χ4v) is 4.72. The van der Waals surface area contributed by atoms with Gasteiger partial charge in [0.15, 0.2) is 0 Å². The van der Waals surface area contributed by atoms with Gasteiger partial charge in [-0.1, -0.05) is 72.8 Å². The lowest BCUT2D eigenvalue weighted by Gasteiger charge is -2.35. The summed E-state index contributed by atoms with van der Waals surface area (Å²) in [5, 5.41) is 15.8. The van der Waals surface area contributed by atoms with Gasteiger partial charge in [0.05, 0.1) is 6.61 Å². The van der Waals surface area contributed by atoms with E-state index in [1.165, 1.54) is 4.90 Å². The summed E-state index contributed by atoms with van der Waals surface area (Å²) in [6, 6.07) is 20.2. The summed E-state index contributed by atoms with van der Waals surface area (Å²) in [6.45, 7) is 10.4. The number of carbonyl (C=O) groups is 3. The van der Waals surface area contributed by atoms with Crippen molar-refractivity contribution in [1.29, 1.82) is 0 Å².